The molecule has 6 heteroatoms. The molecule has 0 unspecified atom stereocenters. The largest absolute Gasteiger partial charge is 0.488 e. The van der Waals surface area contributed by atoms with Gasteiger partial charge in [0.1, 0.15) is 24.5 Å². The third-order valence-corrected chi connectivity index (χ3v) is 4.78. The lowest BCUT2D eigenvalue weighted by atomic mass is 9.97. The summed E-state index contributed by atoms with van der Waals surface area (Å²) in [6.07, 6.45) is 8.43. The molecule has 0 spiro atoms. The van der Waals surface area contributed by atoms with Crippen molar-refractivity contribution in [2.75, 3.05) is 25.0 Å². The number of anilines is 1. The highest BCUT2D eigenvalue weighted by Crippen LogP contribution is 2.29. The van der Waals surface area contributed by atoms with Crippen molar-refractivity contribution < 1.29 is 9.53 Å². The quantitative estimate of drug-likeness (QED) is 0.671. The fourth-order valence-corrected chi connectivity index (χ4v) is 3.18. The average molecular weight is 390 g/mol. The monoisotopic (exact) mass is 390 g/mol. The molecule has 1 aliphatic heterocycles. The van der Waals surface area contributed by atoms with Gasteiger partial charge in [-0.05, 0) is 43.6 Å². The number of allylic oxidation sites excluding steroid dienone is 2. The molecule has 0 radical (unpaired) electrons. The van der Waals surface area contributed by atoms with Gasteiger partial charge in [-0.1, -0.05) is 43.5 Å². The van der Waals surface area contributed by atoms with E-state index in [1.165, 1.54) is 6.33 Å². The summed E-state index contributed by atoms with van der Waals surface area (Å²) in [5.41, 5.74) is 2.44. The molecule has 0 atom stereocenters. The van der Waals surface area contributed by atoms with Crippen molar-refractivity contribution in [3.63, 3.8) is 0 Å². The van der Waals surface area contributed by atoms with E-state index in [1.54, 1.807) is 18.2 Å². The molecule has 0 bridgehead atoms. The fraction of sp³-hybridized carbons (Fsp3) is 0.261. The van der Waals surface area contributed by atoms with Gasteiger partial charge in [0.25, 0.3) is 0 Å². The number of hydrogen-bond acceptors (Lipinski definition) is 5. The number of para-hydroxylation sites is 1. The number of nitrogens with zero attached hydrogens (tertiary/aromatic N) is 2. The highest BCUT2D eigenvalue weighted by atomic mass is 16.5. The van der Waals surface area contributed by atoms with Crippen LogP contribution in [0, 0.1) is 5.92 Å². The highest BCUT2D eigenvalue weighted by molar-refractivity contribution is 5.92. The first-order valence-electron chi connectivity index (χ1n) is 9.71. The van der Waals surface area contributed by atoms with Gasteiger partial charge in [0.05, 0.1) is 5.69 Å². The molecule has 1 aromatic heterocycles. The van der Waals surface area contributed by atoms with Crippen molar-refractivity contribution in [3.8, 4) is 17.0 Å². The van der Waals surface area contributed by atoms with E-state index < -0.39 is 0 Å². The fourth-order valence-electron chi connectivity index (χ4n) is 3.18. The maximum absolute atomic E-state index is 12.5. The highest BCUT2D eigenvalue weighted by Gasteiger charge is 2.21. The minimum absolute atomic E-state index is 0.00544. The van der Waals surface area contributed by atoms with E-state index in [1.807, 2.05) is 30.3 Å². The maximum atomic E-state index is 12.5. The number of carbonyl (C=O) groups is 1. The molecular weight excluding hydrogens is 364 g/mol. The van der Waals surface area contributed by atoms with Crippen LogP contribution in [0.15, 0.2) is 73.6 Å². The van der Waals surface area contributed by atoms with E-state index in [9.17, 15) is 4.79 Å². The minimum atomic E-state index is 0.00544. The Kier molecular flexibility index (Phi) is 7.30. The van der Waals surface area contributed by atoms with Crippen molar-refractivity contribution in [2.45, 2.75) is 12.8 Å². The standard InChI is InChI=1S/C23H26N4O2/c1-3-7-17(4-2)15-29-21-9-6-5-8-19(21)20-14-22(26-16-25-20)27-23(28)18-10-12-24-13-11-18/h3-9,14,16,18,24H,1-2,10-13,15H2,(H,25,26,27,28)/b17-7+. The predicted octanol–water partition coefficient (Wildman–Crippen LogP) is 3.76. The smallest absolute Gasteiger partial charge is 0.228 e. The molecular formula is C23H26N4O2. The van der Waals surface area contributed by atoms with Crippen LogP contribution in [0.1, 0.15) is 12.8 Å². The topological polar surface area (TPSA) is 76.1 Å². The molecule has 0 saturated carbocycles. The van der Waals surface area contributed by atoms with Crippen molar-refractivity contribution in [1.29, 1.82) is 0 Å². The number of aromatic nitrogens is 2. The summed E-state index contributed by atoms with van der Waals surface area (Å²) in [6.45, 7) is 9.59. The second-order valence-corrected chi connectivity index (χ2v) is 6.77. The summed E-state index contributed by atoms with van der Waals surface area (Å²) in [5.74, 6) is 1.20. The van der Waals surface area contributed by atoms with Gasteiger partial charge in [-0.15, -0.1) is 0 Å². The molecule has 0 aliphatic carbocycles. The van der Waals surface area contributed by atoms with Gasteiger partial charge in [-0.2, -0.15) is 0 Å². The molecule has 150 valence electrons. The average Bonchev–Trinajstić information content (AvgIpc) is 2.77. The van der Waals surface area contributed by atoms with Crippen LogP contribution < -0.4 is 15.4 Å². The van der Waals surface area contributed by atoms with Crippen LogP contribution in [-0.2, 0) is 4.79 Å². The number of benzene rings is 1. The van der Waals surface area contributed by atoms with Crippen molar-refractivity contribution in [1.82, 2.24) is 15.3 Å². The van der Waals surface area contributed by atoms with E-state index >= 15 is 0 Å². The second kappa shape index (κ2) is 10.3. The lowest BCUT2D eigenvalue weighted by Crippen LogP contribution is -2.34. The first-order valence-corrected chi connectivity index (χ1v) is 9.71. The summed E-state index contributed by atoms with van der Waals surface area (Å²) in [4.78, 5) is 21.1. The first-order chi connectivity index (χ1) is 14.2. The lowest BCUT2D eigenvalue weighted by molar-refractivity contribution is -0.120. The number of hydrogen-bond donors (Lipinski definition) is 2. The zero-order chi connectivity index (χ0) is 20.5. The van der Waals surface area contributed by atoms with Crippen LogP contribution >= 0.6 is 0 Å². The molecule has 2 aromatic rings. The third kappa shape index (κ3) is 5.62. The number of carbonyl (C=O) groups excluding carboxylic acids is 1. The van der Waals surface area contributed by atoms with Crippen molar-refractivity contribution in [2.24, 2.45) is 5.92 Å². The third-order valence-electron chi connectivity index (χ3n) is 4.78. The SMILES string of the molecule is C=C/C=C(\C=C)COc1ccccc1-c1cc(NC(=O)C2CCNCC2)ncn1. The van der Waals surface area contributed by atoms with E-state index in [2.05, 4.69) is 33.8 Å². The van der Waals surface area contributed by atoms with Crippen LogP contribution in [0.3, 0.4) is 0 Å². The molecule has 2 N–H and O–H groups in total. The number of nitrogens with one attached hydrogen (secondary N) is 2. The summed E-state index contributed by atoms with van der Waals surface area (Å²) >= 11 is 0. The van der Waals surface area contributed by atoms with E-state index in [-0.39, 0.29) is 11.8 Å². The molecule has 1 aromatic carbocycles. The van der Waals surface area contributed by atoms with E-state index in [0.717, 1.165) is 37.1 Å². The van der Waals surface area contributed by atoms with Gasteiger partial charge in [0.15, 0.2) is 0 Å². The zero-order valence-electron chi connectivity index (χ0n) is 16.4. The van der Waals surface area contributed by atoms with Gasteiger partial charge in [-0.25, -0.2) is 9.97 Å². The number of amides is 1. The van der Waals surface area contributed by atoms with Crippen LogP contribution in [0.2, 0.25) is 0 Å². The Morgan fingerprint density at radius 2 is 2.03 bits per heavy atom. The van der Waals surface area contributed by atoms with Crippen molar-refractivity contribution >= 4 is 11.7 Å². The zero-order valence-corrected chi connectivity index (χ0v) is 16.4. The second-order valence-electron chi connectivity index (χ2n) is 6.77. The minimum Gasteiger partial charge on any atom is -0.488 e. The van der Waals surface area contributed by atoms with Crippen LogP contribution in [0.25, 0.3) is 11.3 Å². The maximum Gasteiger partial charge on any atom is 0.228 e. The molecule has 29 heavy (non-hydrogen) atoms. The van der Waals surface area contributed by atoms with E-state index in [4.69, 9.17) is 4.74 Å². The predicted molar refractivity (Wildman–Crippen MR) is 116 cm³/mol. The Morgan fingerprint density at radius 1 is 1.24 bits per heavy atom. The van der Waals surface area contributed by atoms with Crippen LogP contribution in [0.5, 0.6) is 5.75 Å². The molecule has 1 amide bonds. The van der Waals surface area contributed by atoms with Crippen molar-refractivity contribution in [3.05, 3.63) is 73.6 Å². The number of rotatable bonds is 8. The Morgan fingerprint density at radius 3 is 2.79 bits per heavy atom. The van der Waals surface area contributed by atoms with E-state index in [0.29, 0.717) is 23.9 Å². The number of piperidine rings is 1. The van der Waals surface area contributed by atoms with Gasteiger partial charge < -0.3 is 15.4 Å². The molecule has 6 nitrogen and oxygen atoms in total. The Hall–Kier alpha value is -3.25. The molecule has 3 rings (SSSR count). The normalized spacial score (nSPS) is 14.8. The molecule has 2 heterocycles. The Labute approximate surface area is 171 Å². The molecule has 1 fully saturated rings. The Bertz CT molecular complexity index is 901. The van der Waals surface area contributed by atoms with Crippen LogP contribution in [0.4, 0.5) is 5.82 Å². The van der Waals surface area contributed by atoms with Gasteiger partial charge in [0, 0.05) is 17.5 Å². The lowest BCUT2D eigenvalue weighted by Gasteiger charge is -2.21. The molecule has 1 aliphatic rings. The van der Waals surface area contributed by atoms with Gasteiger partial charge in [-0.3, -0.25) is 4.79 Å². The summed E-state index contributed by atoms with van der Waals surface area (Å²) < 4.78 is 5.97. The summed E-state index contributed by atoms with van der Waals surface area (Å²) in [5, 5.41) is 6.19. The Balaban J connectivity index is 1.76. The van der Waals surface area contributed by atoms with Crippen LogP contribution in [-0.4, -0.2) is 35.6 Å². The number of ether oxygens (including phenoxy) is 1. The van der Waals surface area contributed by atoms with Gasteiger partial charge in [0.2, 0.25) is 5.91 Å². The summed E-state index contributed by atoms with van der Waals surface area (Å²) in [6, 6.07) is 9.42. The molecule has 1 saturated heterocycles. The van der Waals surface area contributed by atoms with Gasteiger partial charge >= 0.3 is 0 Å². The first kappa shape index (κ1) is 20.5. The summed E-state index contributed by atoms with van der Waals surface area (Å²) in [7, 11) is 0.